The van der Waals surface area contributed by atoms with Gasteiger partial charge in [-0.15, -0.1) is 11.3 Å². The van der Waals surface area contributed by atoms with Crippen molar-refractivity contribution in [2.45, 2.75) is 31.3 Å². The molecule has 0 spiro atoms. The lowest BCUT2D eigenvalue weighted by Crippen LogP contribution is -2.02. The first-order chi connectivity index (χ1) is 9.06. The van der Waals surface area contributed by atoms with E-state index in [4.69, 9.17) is 0 Å². The van der Waals surface area contributed by atoms with E-state index < -0.39 is 10.8 Å². The van der Waals surface area contributed by atoms with Gasteiger partial charge in [0.15, 0.2) is 0 Å². The molecule has 1 aromatic heterocycles. The Balaban J connectivity index is 1.99. The van der Waals surface area contributed by atoms with E-state index in [1.54, 1.807) is 29.5 Å². The van der Waals surface area contributed by atoms with E-state index in [1.165, 1.54) is 6.07 Å². The number of rotatable bonds is 5. The SMILES string of the molecule is CC(C)c1nc(CS(=O)Cc2ccccc2F)cs1. The zero-order valence-corrected chi connectivity index (χ0v) is 12.6. The van der Waals surface area contributed by atoms with Crippen LogP contribution in [-0.2, 0) is 22.3 Å². The third-order valence-corrected chi connectivity index (χ3v) is 5.09. The second-order valence-corrected chi connectivity index (χ2v) is 7.00. The molecule has 1 unspecified atom stereocenters. The molecular formula is C14H16FNOS2. The van der Waals surface area contributed by atoms with Gasteiger partial charge in [0, 0.05) is 27.7 Å². The molecule has 1 atom stereocenters. The number of halogens is 1. The van der Waals surface area contributed by atoms with Crippen LogP contribution in [0.2, 0.25) is 0 Å². The fourth-order valence-corrected chi connectivity index (χ4v) is 3.76. The number of hydrogen-bond donors (Lipinski definition) is 0. The fourth-order valence-electron chi connectivity index (χ4n) is 1.66. The summed E-state index contributed by atoms with van der Waals surface area (Å²) in [6, 6.07) is 6.46. The largest absolute Gasteiger partial charge is 0.259 e. The average molecular weight is 297 g/mol. The highest BCUT2D eigenvalue weighted by Gasteiger charge is 2.11. The highest BCUT2D eigenvalue weighted by Crippen LogP contribution is 2.20. The molecule has 1 heterocycles. The van der Waals surface area contributed by atoms with Crippen LogP contribution in [-0.4, -0.2) is 9.19 Å². The molecule has 0 aliphatic rings. The molecule has 0 bridgehead atoms. The molecule has 2 nitrogen and oxygen atoms in total. The molecule has 102 valence electrons. The van der Waals surface area contributed by atoms with Crippen molar-refractivity contribution in [3.8, 4) is 0 Å². The summed E-state index contributed by atoms with van der Waals surface area (Å²) in [6.07, 6.45) is 0. The summed E-state index contributed by atoms with van der Waals surface area (Å²) in [7, 11) is -1.13. The summed E-state index contributed by atoms with van der Waals surface area (Å²) < 4.78 is 25.5. The lowest BCUT2D eigenvalue weighted by molar-refractivity contribution is 0.615. The van der Waals surface area contributed by atoms with Crippen molar-refractivity contribution < 1.29 is 8.60 Å². The number of nitrogens with zero attached hydrogens (tertiary/aromatic N) is 1. The Labute approximate surface area is 119 Å². The summed E-state index contributed by atoms with van der Waals surface area (Å²) in [4.78, 5) is 4.45. The monoisotopic (exact) mass is 297 g/mol. The molecule has 19 heavy (non-hydrogen) atoms. The summed E-state index contributed by atoms with van der Waals surface area (Å²) >= 11 is 1.59. The Morgan fingerprint density at radius 1 is 1.32 bits per heavy atom. The van der Waals surface area contributed by atoms with Crippen LogP contribution < -0.4 is 0 Å². The maximum Gasteiger partial charge on any atom is 0.127 e. The first-order valence-corrected chi connectivity index (χ1v) is 8.45. The zero-order valence-electron chi connectivity index (χ0n) is 10.9. The molecule has 0 saturated carbocycles. The Hall–Kier alpha value is -1.07. The number of aromatic nitrogens is 1. The summed E-state index contributed by atoms with van der Waals surface area (Å²) in [5.41, 5.74) is 1.34. The number of benzene rings is 1. The van der Waals surface area contributed by atoms with Crippen LogP contribution in [0.3, 0.4) is 0 Å². The maximum atomic E-state index is 13.5. The predicted molar refractivity (Wildman–Crippen MR) is 78.2 cm³/mol. The molecule has 0 aliphatic heterocycles. The van der Waals surface area contributed by atoms with Crippen LogP contribution in [0.4, 0.5) is 4.39 Å². The molecule has 0 fully saturated rings. The van der Waals surface area contributed by atoms with E-state index in [0.29, 0.717) is 17.2 Å². The van der Waals surface area contributed by atoms with Crippen LogP contribution >= 0.6 is 11.3 Å². The van der Waals surface area contributed by atoms with E-state index in [0.717, 1.165) is 10.7 Å². The van der Waals surface area contributed by atoms with Crippen molar-refractivity contribution in [1.29, 1.82) is 0 Å². The highest BCUT2D eigenvalue weighted by molar-refractivity contribution is 7.83. The van der Waals surface area contributed by atoms with E-state index in [2.05, 4.69) is 18.8 Å². The van der Waals surface area contributed by atoms with Crippen LogP contribution in [0.5, 0.6) is 0 Å². The maximum absolute atomic E-state index is 13.5. The molecule has 0 aliphatic carbocycles. The van der Waals surface area contributed by atoms with Crippen molar-refractivity contribution in [2.24, 2.45) is 0 Å². The van der Waals surface area contributed by atoms with E-state index >= 15 is 0 Å². The van der Waals surface area contributed by atoms with Gasteiger partial charge in [-0.05, 0) is 6.07 Å². The topological polar surface area (TPSA) is 30.0 Å². The molecule has 1 aromatic carbocycles. The van der Waals surface area contributed by atoms with Crippen LogP contribution in [0.25, 0.3) is 0 Å². The van der Waals surface area contributed by atoms with Gasteiger partial charge in [0.25, 0.3) is 0 Å². The summed E-state index contributed by atoms with van der Waals surface area (Å²) in [5.74, 6) is 0.717. The molecule has 0 saturated heterocycles. The average Bonchev–Trinajstić information content (AvgIpc) is 2.80. The molecular weight excluding hydrogens is 281 g/mol. The first-order valence-electron chi connectivity index (χ1n) is 6.09. The fraction of sp³-hybridized carbons (Fsp3) is 0.357. The van der Waals surface area contributed by atoms with E-state index in [1.807, 2.05) is 5.38 Å². The second kappa shape index (κ2) is 6.39. The zero-order chi connectivity index (χ0) is 13.8. The van der Waals surface area contributed by atoms with Crippen molar-refractivity contribution in [2.75, 3.05) is 0 Å². The van der Waals surface area contributed by atoms with E-state index in [9.17, 15) is 8.60 Å². The van der Waals surface area contributed by atoms with Gasteiger partial charge in [0.1, 0.15) is 5.82 Å². The standard InChI is InChI=1S/C14H16FNOS2/c1-10(2)14-16-12(7-18-14)9-19(17)8-11-5-3-4-6-13(11)15/h3-7,10H,8-9H2,1-2H3. The van der Waals surface area contributed by atoms with Gasteiger partial charge in [-0.25, -0.2) is 9.37 Å². The van der Waals surface area contributed by atoms with Gasteiger partial charge in [-0.1, -0.05) is 32.0 Å². The summed E-state index contributed by atoms with van der Waals surface area (Å²) in [5, 5.41) is 2.99. The van der Waals surface area contributed by atoms with Gasteiger partial charge in [0.05, 0.1) is 22.2 Å². The van der Waals surface area contributed by atoms with Crippen molar-refractivity contribution >= 4 is 22.1 Å². The molecule has 0 radical (unpaired) electrons. The van der Waals surface area contributed by atoms with Crippen LogP contribution in [0.1, 0.15) is 36.0 Å². The number of thiazole rings is 1. The van der Waals surface area contributed by atoms with Crippen molar-refractivity contribution in [1.82, 2.24) is 4.98 Å². The van der Waals surface area contributed by atoms with Crippen LogP contribution in [0.15, 0.2) is 29.6 Å². The Kier molecular flexibility index (Phi) is 4.82. The molecule has 2 aromatic rings. The smallest absolute Gasteiger partial charge is 0.127 e. The minimum atomic E-state index is -1.13. The Morgan fingerprint density at radius 3 is 2.68 bits per heavy atom. The van der Waals surface area contributed by atoms with Crippen molar-refractivity contribution in [3.63, 3.8) is 0 Å². The highest BCUT2D eigenvalue weighted by atomic mass is 32.2. The minimum Gasteiger partial charge on any atom is -0.259 e. The lowest BCUT2D eigenvalue weighted by Gasteiger charge is -2.02. The molecule has 0 N–H and O–H groups in total. The van der Waals surface area contributed by atoms with Gasteiger partial charge >= 0.3 is 0 Å². The third-order valence-electron chi connectivity index (χ3n) is 2.65. The van der Waals surface area contributed by atoms with Gasteiger partial charge < -0.3 is 0 Å². The number of hydrogen-bond acceptors (Lipinski definition) is 3. The second-order valence-electron chi connectivity index (χ2n) is 4.65. The molecule has 2 rings (SSSR count). The summed E-state index contributed by atoms with van der Waals surface area (Å²) in [6.45, 7) is 4.16. The van der Waals surface area contributed by atoms with E-state index in [-0.39, 0.29) is 11.6 Å². The molecule has 0 amide bonds. The van der Waals surface area contributed by atoms with Gasteiger partial charge in [0.2, 0.25) is 0 Å². The minimum absolute atomic E-state index is 0.237. The first kappa shape index (κ1) is 14.3. The third kappa shape index (κ3) is 3.94. The van der Waals surface area contributed by atoms with Crippen molar-refractivity contribution in [3.05, 3.63) is 51.7 Å². The van der Waals surface area contributed by atoms with Crippen LogP contribution in [0, 0.1) is 5.82 Å². The van der Waals surface area contributed by atoms with Gasteiger partial charge in [-0.2, -0.15) is 0 Å². The lowest BCUT2D eigenvalue weighted by atomic mass is 10.2. The molecule has 5 heteroatoms. The quantitative estimate of drug-likeness (QED) is 0.839. The Bertz CT molecular complexity index is 580. The Morgan fingerprint density at radius 2 is 2.05 bits per heavy atom. The predicted octanol–water partition coefficient (Wildman–Crippen LogP) is 3.85. The normalized spacial score (nSPS) is 12.8. The van der Waals surface area contributed by atoms with Gasteiger partial charge in [-0.3, -0.25) is 4.21 Å².